The number of benzene rings is 1. The van der Waals surface area contributed by atoms with Crippen LogP contribution in [0, 0.1) is 23.7 Å². The molecule has 5 rings (SSSR count). The van der Waals surface area contributed by atoms with E-state index in [4.69, 9.17) is 0 Å². The molecule has 4 heterocycles. The van der Waals surface area contributed by atoms with Crippen molar-refractivity contribution < 1.29 is 9.13 Å². The molecule has 2 aliphatic heterocycles. The van der Waals surface area contributed by atoms with Crippen molar-refractivity contribution in [3.63, 3.8) is 0 Å². The lowest BCUT2D eigenvalue weighted by Crippen LogP contribution is -2.34. The van der Waals surface area contributed by atoms with Crippen LogP contribution in [-0.4, -0.2) is 37.0 Å². The number of nitrogens with zero attached hydrogens (tertiary/aromatic N) is 4. The van der Waals surface area contributed by atoms with Crippen LogP contribution in [-0.2, 0) is 13.1 Å². The van der Waals surface area contributed by atoms with Gasteiger partial charge in [0.2, 0.25) is 0 Å². The molecular formula is C36H44N4+2. The molecule has 0 unspecified atom stereocenters. The van der Waals surface area contributed by atoms with E-state index in [-0.39, 0.29) is 0 Å². The second kappa shape index (κ2) is 14.3. The highest BCUT2D eigenvalue weighted by Crippen LogP contribution is 2.30. The van der Waals surface area contributed by atoms with E-state index in [1.807, 2.05) is 0 Å². The predicted octanol–water partition coefficient (Wildman–Crippen LogP) is 5.46. The highest BCUT2D eigenvalue weighted by molar-refractivity contribution is 5.49. The van der Waals surface area contributed by atoms with Crippen molar-refractivity contribution in [2.24, 2.45) is 0 Å². The minimum atomic E-state index is 0.568. The first-order chi connectivity index (χ1) is 19.7. The second-order valence-electron chi connectivity index (χ2n) is 11.4. The Kier molecular flexibility index (Phi) is 10.0. The fourth-order valence-electron chi connectivity index (χ4n) is 6.14. The summed E-state index contributed by atoms with van der Waals surface area (Å²) in [5.74, 6) is 13.6. The van der Waals surface area contributed by atoms with E-state index in [2.05, 4.69) is 130 Å². The Hall–Kier alpha value is -3.44. The van der Waals surface area contributed by atoms with E-state index in [1.165, 1.54) is 49.9 Å². The third kappa shape index (κ3) is 7.60. The number of rotatable bonds is 8. The first kappa shape index (κ1) is 28.1. The Morgan fingerprint density at radius 3 is 1.57 bits per heavy atom. The summed E-state index contributed by atoms with van der Waals surface area (Å²) in [5.41, 5.74) is 4.95. The average molecular weight is 533 g/mol. The fourth-order valence-corrected chi connectivity index (χ4v) is 6.14. The smallest absolute Gasteiger partial charge is 0.173 e. The van der Waals surface area contributed by atoms with Crippen molar-refractivity contribution in [1.29, 1.82) is 0 Å². The molecule has 206 valence electrons. The van der Waals surface area contributed by atoms with Gasteiger partial charge in [-0.3, -0.25) is 9.80 Å². The van der Waals surface area contributed by atoms with Gasteiger partial charge in [-0.05, 0) is 77.1 Å². The molecule has 2 aromatic heterocycles. The van der Waals surface area contributed by atoms with Gasteiger partial charge in [0.25, 0.3) is 0 Å². The monoisotopic (exact) mass is 532 g/mol. The lowest BCUT2D eigenvalue weighted by molar-refractivity contribution is -0.697. The molecular weight excluding hydrogens is 488 g/mol. The van der Waals surface area contributed by atoms with E-state index in [0.29, 0.717) is 12.1 Å². The molecule has 0 radical (unpaired) electrons. The number of aromatic nitrogens is 2. The highest BCUT2D eigenvalue weighted by atomic mass is 15.2. The van der Waals surface area contributed by atoms with Gasteiger partial charge in [-0.25, -0.2) is 9.13 Å². The maximum absolute atomic E-state index is 3.40. The van der Waals surface area contributed by atoms with Gasteiger partial charge in [0.15, 0.2) is 24.8 Å². The summed E-state index contributed by atoms with van der Waals surface area (Å²) in [6, 6.07) is 18.4. The third-order valence-corrected chi connectivity index (χ3v) is 8.38. The summed E-state index contributed by atoms with van der Waals surface area (Å²) in [4.78, 5) is 4.94. The average Bonchev–Trinajstić information content (AvgIpc) is 3.61. The fraction of sp³-hybridized carbons (Fsp3) is 0.444. The Morgan fingerprint density at radius 1 is 0.675 bits per heavy atom. The lowest BCUT2D eigenvalue weighted by atomic mass is 10.1. The van der Waals surface area contributed by atoms with Crippen LogP contribution in [0.15, 0.2) is 73.3 Å². The van der Waals surface area contributed by atoms with Crippen molar-refractivity contribution >= 4 is 0 Å². The minimum Gasteiger partial charge on any atom is -0.299 e. The van der Waals surface area contributed by atoms with E-state index < -0.39 is 0 Å². The largest absolute Gasteiger partial charge is 0.299 e. The molecule has 2 fully saturated rings. The number of hydrogen-bond acceptors (Lipinski definition) is 2. The van der Waals surface area contributed by atoms with E-state index >= 15 is 0 Å². The van der Waals surface area contributed by atoms with E-state index in [9.17, 15) is 0 Å². The SMILES string of the molecule is CN1CCC[C@@H]1c1ccc[n+](CCCC#Cc2ccccc2C#CCCC[n+]2cccc([C@@H]3CCCN3C)c2)c1. The Morgan fingerprint density at radius 2 is 1.15 bits per heavy atom. The van der Waals surface area contributed by atoms with Gasteiger partial charge in [0.05, 0.1) is 0 Å². The summed E-state index contributed by atoms with van der Waals surface area (Å²) in [6.45, 7) is 4.40. The summed E-state index contributed by atoms with van der Waals surface area (Å²) in [7, 11) is 4.48. The second-order valence-corrected chi connectivity index (χ2v) is 11.4. The van der Waals surface area contributed by atoms with Gasteiger partial charge in [-0.1, -0.05) is 35.8 Å². The molecule has 2 atom stereocenters. The van der Waals surface area contributed by atoms with Gasteiger partial charge < -0.3 is 0 Å². The third-order valence-electron chi connectivity index (χ3n) is 8.38. The lowest BCUT2D eigenvalue weighted by Gasteiger charge is -2.18. The molecule has 0 N–H and O–H groups in total. The Balaban J connectivity index is 1.09. The van der Waals surface area contributed by atoms with Crippen LogP contribution in [0.25, 0.3) is 0 Å². The van der Waals surface area contributed by atoms with Crippen molar-refractivity contribution in [2.45, 2.75) is 76.5 Å². The molecule has 4 nitrogen and oxygen atoms in total. The molecule has 3 aromatic rings. The van der Waals surface area contributed by atoms with Gasteiger partial charge in [-0.15, -0.1) is 0 Å². The van der Waals surface area contributed by atoms with Gasteiger partial charge >= 0.3 is 0 Å². The predicted molar refractivity (Wildman–Crippen MR) is 161 cm³/mol. The van der Waals surface area contributed by atoms with Gasteiger partial charge in [0.1, 0.15) is 13.1 Å². The highest BCUT2D eigenvalue weighted by Gasteiger charge is 2.25. The summed E-state index contributed by atoms with van der Waals surface area (Å²) in [6.07, 6.45) is 18.0. The van der Waals surface area contributed by atoms with Gasteiger partial charge in [0, 0.05) is 72.2 Å². The van der Waals surface area contributed by atoms with Crippen molar-refractivity contribution in [2.75, 3.05) is 27.2 Å². The summed E-state index contributed by atoms with van der Waals surface area (Å²) < 4.78 is 4.65. The molecule has 2 saturated heterocycles. The van der Waals surface area contributed by atoms with Crippen LogP contribution in [0.5, 0.6) is 0 Å². The molecule has 0 saturated carbocycles. The van der Waals surface area contributed by atoms with E-state index in [0.717, 1.165) is 49.9 Å². The maximum atomic E-state index is 3.40. The number of hydrogen-bond donors (Lipinski definition) is 0. The number of likely N-dealkylation sites (tertiary alicyclic amines) is 2. The zero-order valence-corrected chi connectivity index (χ0v) is 24.4. The summed E-state index contributed by atoms with van der Waals surface area (Å²) >= 11 is 0. The maximum Gasteiger partial charge on any atom is 0.173 e. The van der Waals surface area contributed by atoms with E-state index in [1.54, 1.807) is 0 Å². The first-order valence-corrected chi connectivity index (χ1v) is 15.1. The van der Waals surface area contributed by atoms with Crippen LogP contribution in [0.1, 0.15) is 85.7 Å². The number of pyridine rings is 2. The molecule has 1 aromatic carbocycles. The minimum absolute atomic E-state index is 0.568. The molecule has 0 amide bonds. The number of unbranched alkanes of at least 4 members (excludes halogenated alkanes) is 2. The van der Waals surface area contributed by atoms with Crippen molar-refractivity contribution in [1.82, 2.24) is 9.80 Å². The zero-order valence-electron chi connectivity index (χ0n) is 24.4. The zero-order chi connectivity index (χ0) is 27.6. The quantitative estimate of drug-likeness (QED) is 0.217. The van der Waals surface area contributed by atoms with Crippen LogP contribution < -0.4 is 9.13 Å². The van der Waals surface area contributed by atoms with Crippen LogP contribution >= 0.6 is 0 Å². The molecule has 0 bridgehead atoms. The molecule has 0 aliphatic carbocycles. The first-order valence-electron chi connectivity index (χ1n) is 15.1. The number of aryl methyl sites for hydroxylation is 2. The Labute approximate surface area is 241 Å². The molecule has 40 heavy (non-hydrogen) atoms. The van der Waals surface area contributed by atoms with Gasteiger partial charge in [-0.2, -0.15) is 0 Å². The topological polar surface area (TPSA) is 14.2 Å². The Bertz CT molecular complexity index is 1280. The molecule has 2 aliphatic rings. The molecule has 0 spiro atoms. The summed E-state index contributed by atoms with van der Waals surface area (Å²) in [5, 5.41) is 0. The normalized spacial score (nSPS) is 19.1. The molecule has 4 heteroatoms. The van der Waals surface area contributed by atoms with Crippen molar-refractivity contribution in [3.05, 3.63) is 95.6 Å². The van der Waals surface area contributed by atoms with Crippen LogP contribution in [0.3, 0.4) is 0 Å². The standard InChI is InChI=1S/C36H44N4/c1-37-23-13-21-35(37)33-19-11-27-39(29-33)25-9-3-5-15-31-17-7-8-18-32(31)16-6-4-10-26-40-28-12-20-34(30-40)36-22-14-24-38(36)2/h7-8,11-12,17-20,27-30,35-36H,3-4,9-10,13-14,21-26H2,1-2H3/q+2/t35-,36+. The van der Waals surface area contributed by atoms with Crippen LogP contribution in [0.2, 0.25) is 0 Å². The van der Waals surface area contributed by atoms with Crippen LogP contribution in [0.4, 0.5) is 0 Å². The van der Waals surface area contributed by atoms with Crippen molar-refractivity contribution in [3.8, 4) is 23.7 Å².